The van der Waals surface area contributed by atoms with Gasteiger partial charge in [0, 0.05) is 19.0 Å². The maximum atomic E-state index is 13.6. The highest BCUT2D eigenvalue weighted by Crippen LogP contribution is 2.33. The number of hydrogen-bond acceptors (Lipinski definition) is 8. The molecule has 2 aliphatic rings. The Morgan fingerprint density at radius 1 is 1.20 bits per heavy atom. The molecule has 1 aromatic carbocycles. The summed E-state index contributed by atoms with van der Waals surface area (Å²) in [5.41, 5.74) is 5.41. The van der Waals surface area contributed by atoms with Gasteiger partial charge in [0.1, 0.15) is 23.3 Å². The third kappa shape index (κ3) is 6.32. The first-order chi connectivity index (χ1) is 17.0. The van der Waals surface area contributed by atoms with E-state index in [-0.39, 0.29) is 30.0 Å². The van der Waals surface area contributed by atoms with E-state index in [2.05, 4.69) is 25.9 Å². The lowest BCUT2D eigenvalue weighted by Gasteiger charge is -2.30. The van der Waals surface area contributed by atoms with E-state index in [1.165, 1.54) is 13.2 Å². The Kier molecular flexibility index (Phi) is 8.25. The van der Waals surface area contributed by atoms with Gasteiger partial charge >= 0.3 is 0 Å². The van der Waals surface area contributed by atoms with Crippen molar-refractivity contribution in [2.45, 2.75) is 64.6 Å². The highest BCUT2D eigenvalue weighted by molar-refractivity contribution is 6.01. The van der Waals surface area contributed by atoms with Crippen LogP contribution in [0.3, 0.4) is 0 Å². The van der Waals surface area contributed by atoms with Crippen molar-refractivity contribution in [3.8, 4) is 5.75 Å². The van der Waals surface area contributed by atoms with E-state index < -0.39 is 5.82 Å². The third-order valence-electron chi connectivity index (χ3n) is 6.42. The van der Waals surface area contributed by atoms with Crippen molar-refractivity contribution in [2.75, 3.05) is 13.7 Å². The zero-order chi connectivity index (χ0) is 24.8. The highest BCUT2D eigenvalue weighted by atomic mass is 19.1. The van der Waals surface area contributed by atoms with Crippen LogP contribution in [0.5, 0.6) is 5.75 Å². The molecule has 2 heterocycles. The van der Waals surface area contributed by atoms with E-state index in [4.69, 9.17) is 14.4 Å². The van der Waals surface area contributed by atoms with Gasteiger partial charge < -0.3 is 19.7 Å². The fourth-order valence-corrected chi connectivity index (χ4v) is 4.53. The molecule has 1 aromatic heterocycles. The molecule has 0 radical (unpaired) electrons. The highest BCUT2D eigenvalue weighted by Gasteiger charge is 2.34. The summed E-state index contributed by atoms with van der Waals surface area (Å²) in [5.74, 6) is 0.229. The molecule has 10 heteroatoms. The fourth-order valence-electron chi connectivity index (χ4n) is 4.53. The van der Waals surface area contributed by atoms with E-state index in [1.807, 2.05) is 6.92 Å². The van der Waals surface area contributed by atoms with Crippen molar-refractivity contribution in [1.82, 2.24) is 20.8 Å². The summed E-state index contributed by atoms with van der Waals surface area (Å²) in [6, 6.07) is 6.48. The minimum atomic E-state index is -0.452. The standard InChI is InChI=1S/C25H32FN5O4/c1-4-34-30-18-8-6-17(7-9-18)23-13-21(31-35-23)20-12-22(29-15(2)28-20)25(32)27-14-16-5-10-19(26)24(11-16)33-3/h5,10-12,17-18,23,30H,4,6-9,13-14H2,1-3H3,(H,27,32)/t17-,18-,23?. The second kappa shape index (κ2) is 11.5. The average molecular weight is 486 g/mol. The van der Waals surface area contributed by atoms with Gasteiger partial charge in [-0.1, -0.05) is 11.2 Å². The van der Waals surface area contributed by atoms with Crippen LogP contribution in [0.25, 0.3) is 0 Å². The molecule has 35 heavy (non-hydrogen) atoms. The lowest BCUT2D eigenvalue weighted by atomic mass is 9.81. The van der Waals surface area contributed by atoms with Crippen molar-refractivity contribution in [3.63, 3.8) is 0 Å². The monoisotopic (exact) mass is 485 g/mol. The Labute approximate surface area is 204 Å². The molecule has 1 saturated carbocycles. The number of benzene rings is 1. The van der Waals surface area contributed by atoms with Crippen molar-refractivity contribution in [3.05, 3.63) is 52.9 Å². The zero-order valence-corrected chi connectivity index (χ0v) is 20.3. The summed E-state index contributed by atoms with van der Waals surface area (Å²) in [4.78, 5) is 32.7. The van der Waals surface area contributed by atoms with Crippen LogP contribution in [0, 0.1) is 18.7 Å². The van der Waals surface area contributed by atoms with Gasteiger partial charge in [-0.3, -0.25) is 4.79 Å². The predicted octanol–water partition coefficient (Wildman–Crippen LogP) is 3.46. The van der Waals surface area contributed by atoms with Crippen LogP contribution in [0.1, 0.15) is 66.6 Å². The van der Waals surface area contributed by atoms with Crippen molar-refractivity contribution < 1.29 is 23.6 Å². The Hall–Kier alpha value is -3.11. The number of carbonyl (C=O) groups excluding carboxylic acids is 1. The molecule has 2 N–H and O–H groups in total. The summed E-state index contributed by atoms with van der Waals surface area (Å²) < 4.78 is 18.6. The molecule has 1 unspecified atom stereocenters. The fraction of sp³-hybridized carbons (Fsp3) is 0.520. The van der Waals surface area contributed by atoms with Crippen LogP contribution in [0.2, 0.25) is 0 Å². The predicted molar refractivity (Wildman–Crippen MR) is 127 cm³/mol. The van der Waals surface area contributed by atoms with Crippen molar-refractivity contribution >= 4 is 11.6 Å². The summed E-state index contributed by atoms with van der Waals surface area (Å²) in [7, 11) is 1.40. The van der Waals surface area contributed by atoms with Gasteiger partial charge in [-0.15, -0.1) is 0 Å². The molecule has 1 fully saturated rings. The van der Waals surface area contributed by atoms with Crippen LogP contribution in [-0.4, -0.2) is 47.4 Å². The molecule has 1 aliphatic carbocycles. The second-order valence-corrected chi connectivity index (χ2v) is 8.89. The van der Waals surface area contributed by atoms with Gasteiger partial charge in [-0.25, -0.2) is 14.4 Å². The Morgan fingerprint density at radius 2 is 2.00 bits per heavy atom. The van der Waals surface area contributed by atoms with Crippen molar-refractivity contribution in [1.29, 1.82) is 0 Å². The van der Waals surface area contributed by atoms with E-state index in [1.54, 1.807) is 25.1 Å². The number of nitrogens with zero attached hydrogens (tertiary/aromatic N) is 3. The molecule has 4 rings (SSSR count). The van der Waals surface area contributed by atoms with Gasteiger partial charge in [0.05, 0.1) is 19.4 Å². The van der Waals surface area contributed by atoms with E-state index in [9.17, 15) is 9.18 Å². The molecule has 2 aromatic rings. The Balaban J connectivity index is 1.35. The molecule has 9 nitrogen and oxygen atoms in total. The summed E-state index contributed by atoms with van der Waals surface area (Å²) >= 11 is 0. The first-order valence-corrected chi connectivity index (χ1v) is 12.0. The number of hydrogen-bond donors (Lipinski definition) is 2. The number of methoxy groups -OCH3 is 1. The summed E-state index contributed by atoms with van der Waals surface area (Å²) in [6.07, 6.45) is 4.83. The van der Waals surface area contributed by atoms with Crippen LogP contribution < -0.4 is 15.5 Å². The summed E-state index contributed by atoms with van der Waals surface area (Å²) in [5, 5.41) is 7.11. The number of aryl methyl sites for hydroxylation is 1. The maximum absolute atomic E-state index is 13.6. The largest absolute Gasteiger partial charge is 0.494 e. The molecule has 0 bridgehead atoms. The van der Waals surface area contributed by atoms with Crippen molar-refractivity contribution in [2.24, 2.45) is 11.1 Å². The molecular weight excluding hydrogens is 453 g/mol. The van der Waals surface area contributed by atoms with Crippen LogP contribution in [0.15, 0.2) is 29.4 Å². The molecule has 0 saturated heterocycles. The van der Waals surface area contributed by atoms with E-state index >= 15 is 0 Å². The number of amides is 1. The number of hydroxylamine groups is 1. The summed E-state index contributed by atoms with van der Waals surface area (Å²) in [6.45, 7) is 4.57. The molecule has 188 valence electrons. The lowest BCUT2D eigenvalue weighted by molar-refractivity contribution is -0.0111. The Bertz CT molecular complexity index is 1070. The molecule has 1 amide bonds. The van der Waals surface area contributed by atoms with Crippen LogP contribution >= 0.6 is 0 Å². The van der Waals surface area contributed by atoms with Crippen LogP contribution in [0.4, 0.5) is 4.39 Å². The molecule has 1 atom stereocenters. The minimum Gasteiger partial charge on any atom is -0.494 e. The number of aromatic nitrogens is 2. The molecule has 1 aliphatic heterocycles. The van der Waals surface area contributed by atoms with Gasteiger partial charge in [-0.05, 0) is 69.2 Å². The van der Waals surface area contributed by atoms with Crippen LogP contribution in [-0.2, 0) is 16.2 Å². The maximum Gasteiger partial charge on any atom is 0.270 e. The zero-order valence-electron chi connectivity index (χ0n) is 20.3. The third-order valence-corrected chi connectivity index (χ3v) is 6.42. The normalized spacial score (nSPS) is 21.8. The second-order valence-electron chi connectivity index (χ2n) is 8.89. The smallest absolute Gasteiger partial charge is 0.270 e. The number of carbonyl (C=O) groups is 1. The number of rotatable bonds is 9. The quantitative estimate of drug-likeness (QED) is 0.524. The van der Waals surface area contributed by atoms with Gasteiger partial charge in [0.15, 0.2) is 11.6 Å². The number of halogens is 1. The Morgan fingerprint density at radius 3 is 2.74 bits per heavy atom. The average Bonchev–Trinajstić information content (AvgIpc) is 3.37. The van der Waals surface area contributed by atoms with E-state index in [0.29, 0.717) is 42.1 Å². The first-order valence-electron chi connectivity index (χ1n) is 12.0. The lowest BCUT2D eigenvalue weighted by Crippen LogP contribution is -2.36. The topological polar surface area (TPSA) is 107 Å². The van der Waals surface area contributed by atoms with Gasteiger partial charge in [0.2, 0.25) is 0 Å². The van der Waals surface area contributed by atoms with Gasteiger partial charge in [-0.2, -0.15) is 5.48 Å². The molecular formula is C25H32FN5O4. The number of ether oxygens (including phenoxy) is 1. The first kappa shape index (κ1) is 25.0. The van der Waals surface area contributed by atoms with E-state index in [0.717, 1.165) is 31.4 Å². The van der Waals surface area contributed by atoms with Gasteiger partial charge in [0.25, 0.3) is 5.91 Å². The molecule has 0 spiro atoms. The minimum absolute atomic E-state index is 0.0130. The SMILES string of the molecule is CCON[C@H]1CC[C@H](C2CC(c3cc(C(=O)NCc4ccc(F)c(OC)c4)nc(C)n3)=NO2)CC1. The number of nitrogens with one attached hydrogen (secondary N) is 2. The number of oxime groups is 1.